The van der Waals surface area contributed by atoms with Gasteiger partial charge < -0.3 is 19.6 Å². The Balaban J connectivity index is 2.59. The largest absolute Gasteiger partial charge is 0.497 e. The van der Waals surface area contributed by atoms with E-state index in [2.05, 4.69) is 10.2 Å². The van der Waals surface area contributed by atoms with Crippen LogP contribution in [0.5, 0.6) is 11.5 Å². The Morgan fingerprint density at radius 2 is 2.06 bits per heavy atom. The maximum Gasteiger partial charge on any atom is 0.249 e. The number of hydrogen-bond donors (Lipinski definition) is 1. The molecule has 1 heterocycles. The van der Waals surface area contributed by atoms with Crippen molar-refractivity contribution in [1.82, 2.24) is 10.2 Å². The number of methoxy groups -OCH3 is 2. The molecule has 0 unspecified atom stereocenters. The van der Waals surface area contributed by atoms with Crippen molar-refractivity contribution in [3.63, 3.8) is 0 Å². The van der Waals surface area contributed by atoms with Crippen LogP contribution in [0.1, 0.15) is 0 Å². The average Bonchev–Trinajstić information content (AvgIpc) is 2.83. The molecule has 6 nitrogen and oxygen atoms in total. The molecule has 0 fully saturated rings. The number of anilines is 1. The molecule has 0 aliphatic rings. The summed E-state index contributed by atoms with van der Waals surface area (Å²) >= 11 is 0. The number of benzene rings is 1. The fourth-order valence-corrected chi connectivity index (χ4v) is 1.36. The lowest BCUT2D eigenvalue weighted by molar-refractivity contribution is 0.395. The number of hydrogen-bond acceptors (Lipinski definition) is 6. The first-order valence-electron chi connectivity index (χ1n) is 4.54. The van der Waals surface area contributed by atoms with Gasteiger partial charge in [-0.1, -0.05) is 0 Å². The van der Waals surface area contributed by atoms with Gasteiger partial charge in [-0.05, 0) is 6.07 Å². The summed E-state index contributed by atoms with van der Waals surface area (Å²) in [5.74, 6) is 1.45. The Bertz CT molecular complexity index is 482. The van der Waals surface area contributed by atoms with Gasteiger partial charge in [0.15, 0.2) is 0 Å². The van der Waals surface area contributed by atoms with Gasteiger partial charge in [0.25, 0.3) is 0 Å². The minimum Gasteiger partial charge on any atom is -0.497 e. The van der Waals surface area contributed by atoms with Crippen LogP contribution in [-0.2, 0) is 0 Å². The van der Waals surface area contributed by atoms with Crippen LogP contribution >= 0.6 is 0 Å². The molecule has 0 bridgehead atoms. The van der Waals surface area contributed by atoms with Crippen LogP contribution in [0.15, 0.2) is 22.9 Å². The van der Waals surface area contributed by atoms with Crippen LogP contribution in [0, 0.1) is 0 Å². The minimum atomic E-state index is 0.328. The van der Waals surface area contributed by atoms with E-state index in [-0.39, 0.29) is 0 Å². The minimum absolute atomic E-state index is 0.328. The first-order valence-corrected chi connectivity index (χ1v) is 4.54. The molecule has 0 atom stereocenters. The van der Waals surface area contributed by atoms with Crippen molar-refractivity contribution in [2.75, 3.05) is 20.0 Å². The second kappa shape index (κ2) is 4.09. The molecule has 1 aromatic heterocycles. The summed E-state index contributed by atoms with van der Waals surface area (Å²) in [6, 6.07) is 3.40. The summed E-state index contributed by atoms with van der Waals surface area (Å²) in [4.78, 5) is 0. The molecule has 0 saturated carbocycles. The Kier molecular flexibility index (Phi) is 2.63. The van der Waals surface area contributed by atoms with Gasteiger partial charge in [0.05, 0.1) is 25.5 Å². The highest BCUT2D eigenvalue weighted by Crippen LogP contribution is 2.36. The van der Waals surface area contributed by atoms with E-state index in [0.29, 0.717) is 28.6 Å². The lowest BCUT2D eigenvalue weighted by Crippen LogP contribution is -1.97. The molecule has 2 N–H and O–H groups in total. The summed E-state index contributed by atoms with van der Waals surface area (Å²) in [7, 11) is 3.09. The van der Waals surface area contributed by atoms with E-state index in [1.54, 1.807) is 19.2 Å². The van der Waals surface area contributed by atoms with Gasteiger partial charge in [0.2, 0.25) is 12.3 Å². The van der Waals surface area contributed by atoms with Crippen molar-refractivity contribution in [2.24, 2.45) is 0 Å². The predicted molar refractivity (Wildman–Crippen MR) is 57.3 cm³/mol. The normalized spacial score (nSPS) is 10.1. The SMILES string of the molecule is COc1cc(OC)c(N)c(-c2nnco2)c1. The van der Waals surface area contributed by atoms with Crippen LogP contribution < -0.4 is 15.2 Å². The van der Waals surface area contributed by atoms with Gasteiger partial charge in [-0.25, -0.2) is 0 Å². The zero-order valence-corrected chi connectivity index (χ0v) is 8.93. The molecule has 2 rings (SSSR count). The smallest absolute Gasteiger partial charge is 0.249 e. The monoisotopic (exact) mass is 221 g/mol. The number of nitrogens with two attached hydrogens (primary N) is 1. The molecule has 1 aromatic carbocycles. The maximum atomic E-state index is 5.90. The summed E-state index contributed by atoms with van der Waals surface area (Å²) in [6.07, 6.45) is 1.24. The number of nitrogens with zero attached hydrogens (tertiary/aromatic N) is 2. The molecule has 6 heteroatoms. The van der Waals surface area contributed by atoms with E-state index in [1.807, 2.05) is 0 Å². The van der Waals surface area contributed by atoms with E-state index in [1.165, 1.54) is 13.5 Å². The second-order valence-electron chi connectivity index (χ2n) is 3.03. The summed E-state index contributed by atoms with van der Waals surface area (Å²) in [5.41, 5.74) is 6.93. The van der Waals surface area contributed by atoms with E-state index in [0.717, 1.165) is 0 Å². The van der Waals surface area contributed by atoms with Crippen molar-refractivity contribution in [3.05, 3.63) is 18.5 Å². The number of ether oxygens (including phenoxy) is 2. The summed E-state index contributed by atoms with van der Waals surface area (Å²) in [5, 5.41) is 7.39. The maximum absolute atomic E-state index is 5.90. The molecule has 0 spiro atoms. The predicted octanol–water partition coefficient (Wildman–Crippen LogP) is 1.34. The number of aromatic nitrogens is 2. The molecule has 0 radical (unpaired) electrons. The van der Waals surface area contributed by atoms with E-state index >= 15 is 0 Å². The average molecular weight is 221 g/mol. The highest BCUT2D eigenvalue weighted by molar-refractivity contribution is 5.77. The third-order valence-corrected chi connectivity index (χ3v) is 2.16. The molecule has 2 aromatic rings. The standard InChI is InChI=1S/C10H11N3O3/c1-14-6-3-7(10-13-12-5-16-10)9(11)8(4-6)15-2/h3-5H,11H2,1-2H3. The van der Waals surface area contributed by atoms with E-state index < -0.39 is 0 Å². The number of nitrogen functional groups attached to an aromatic ring is 1. The molecular weight excluding hydrogens is 210 g/mol. The zero-order valence-electron chi connectivity index (χ0n) is 8.93. The van der Waals surface area contributed by atoms with E-state index in [4.69, 9.17) is 19.6 Å². The van der Waals surface area contributed by atoms with Crippen molar-refractivity contribution in [1.29, 1.82) is 0 Å². The molecule has 84 valence electrons. The van der Waals surface area contributed by atoms with Gasteiger partial charge in [-0.15, -0.1) is 10.2 Å². The topological polar surface area (TPSA) is 83.4 Å². The molecule has 0 saturated heterocycles. The summed E-state index contributed by atoms with van der Waals surface area (Å²) in [6.45, 7) is 0. The molecule has 0 aliphatic heterocycles. The van der Waals surface area contributed by atoms with Gasteiger partial charge in [-0.3, -0.25) is 0 Å². The summed E-state index contributed by atoms with van der Waals surface area (Å²) < 4.78 is 15.3. The quantitative estimate of drug-likeness (QED) is 0.787. The zero-order chi connectivity index (χ0) is 11.5. The highest BCUT2D eigenvalue weighted by atomic mass is 16.5. The Hall–Kier alpha value is -2.24. The molecule has 16 heavy (non-hydrogen) atoms. The number of rotatable bonds is 3. The van der Waals surface area contributed by atoms with Crippen molar-refractivity contribution < 1.29 is 13.9 Å². The lowest BCUT2D eigenvalue weighted by Gasteiger charge is -2.10. The third-order valence-electron chi connectivity index (χ3n) is 2.16. The Morgan fingerprint density at radius 3 is 2.62 bits per heavy atom. The van der Waals surface area contributed by atoms with Gasteiger partial charge >= 0.3 is 0 Å². The molecule has 0 aliphatic carbocycles. The van der Waals surface area contributed by atoms with Gasteiger partial charge in [-0.2, -0.15) is 0 Å². The van der Waals surface area contributed by atoms with Crippen LogP contribution in [0.25, 0.3) is 11.5 Å². The van der Waals surface area contributed by atoms with Crippen molar-refractivity contribution in [2.45, 2.75) is 0 Å². The van der Waals surface area contributed by atoms with Crippen molar-refractivity contribution in [3.8, 4) is 23.0 Å². The van der Waals surface area contributed by atoms with Gasteiger partial charge in [0.1, 0.15) is 11.5 Å². The van der Waals surface area contributed by atoms with Crippen LogP contribution in [0.2, 0.25) is 0 Å². The van der Waals surface area contributed by atoms with Crippen LogP contribution in [0.4, 0.5) is 5.69 Å². The first-order chi connectivity index (χ1) is 7.76. The first kappa shape index (κ1) is 10.3. The fraction of sp³-hybridized carbons (Fsp3) is 0.200. The van der Waals surface area contributed by atoms with E-state index in [9.17, 15) is 0 Å². The lowest BCUT2D eigenvalue weighted by atomic mass is 10.1. The van der Waals surface area contributed by atoms with Crippen LogP contribution in [0.3, 0.4) is 0 Å². The molecule has 0 amide bonds. The molecular formula is C10H11N3O3. The van der Waals surface area contributed by atoms with Crippen molar-refractivity contribution >= 4 is 5.69 Å². The Morgan fingerprint density at radius 1 is 1.25 bits per heavy atom. The van der Waals surface area contributed by atoms with Gasteiger partial charge in [0, 0.05) is 6.07 Å². The Labute approximate surface area is 92.0 Å². The highest BCUT2D eigenvalue weighted by Gasteiger charge is 2.14. The second-order valence-corrected chi connectivity index (χ2v) is 3.03. The third kappa shape index (κ3) is 1.65. The fourth-order valence-electron chi connectivity index (χ4n) is 1.36. The van der Waals surface area contributed by atoms with Crippen LogP contribution in [-0.4, -0.2) is 24.4 Å².